The number of alkyl halides is 3. The van der Waals surface area contributed by atoms with Gasteiger partial charge < -0.3 is 20.5 Å². The lowest BCUT2D eigenvalue weighted by atomic mass is 9.84. The maximum Gasteiger partial charge on any atom is 0.435 e. The molecule has 3 atom stereocenters. The second-order valence-electron chi connectivity index (χ2n) is 11.7. The molecule has 2 aliphatic heterocycles. The molecule has 4 rings (SSSR count). The fourth-order valence-corrected chi connectivity index (χ4v) is 6.31. The van der Waals surface area contributed by atoms with Crippen molar-refractivity contribution in [3.05, 3.63) is 52.1 Å². The van der Waals surface area contributed by atoms with Gasteiger partial charge in [0.05, 0.1) is 5.02 Å². The van der Waals surface area contributed by atoms with E-state index in [1.165, 1.54) is 18.3 Å². The highest BCUT2D eigenvalue weighted by molar-refractivity contribution is 6.76. The number of ether oxygens (including phenoxy) is 1. The zero-order valence-corrected chi connectivity index (χ0v) is 24.9. The number of carboxylic acids is 1. The maximum atomic E-state index is 14.9. The van der Waals surface area contributed by atoms with Crippen LogP contribution in [0.4, 0.5) is 23.2 Å². The van der Waals surface area contributed by atoms with Crippen molar-refractivity contribution in [1.82, 2.24) is 14.7 Å². The number of nitrogens with zero attached hydrogens (tertiary/aromatic N) is 3. The number of amides is 1. The molecule has 0 saturated carbocycles. The van der Waals surface area contributed by atoms with Gasteiger partial charge in [-0.15, -0.1) is 0 Å². The first-order chi connectivity index (χ1) is 19.5. The number of carboxylic acid groups (broad SMARTS) is 1. The molecule has 3 heterocycles. The molecule has 0 spiro atoms. The number of benzene rings is 1. The molecule has 2 aromatic rings. The summed E-state index contributed by atoms with van der Waals surface area (Å²) < 4.78 is 63.0. The van der Waals surface area contributed by atoms with Gasteiger partial charge in [-0.3, -0.25) is 9.59 Å². The summed E-state index contributed by atoms with van der Waals surface area (Å²) in [6.07, 6.45) is -3.21. The van der Waals surface area contributed by atoms with Gasteiger partial charge in [0.1, 0.15) is 6.73 Å². The van der Waals surface area contributed by atoms with Crippen LogP contribution in [0.3, 0.4) is 0 Å². The van der Waals surface area contributed by atoms with Crippen LogP contribution in [-0.2, 0) is 38.4 Å². The second-order valence-corrected chi connectivity index (χ2v) is 17.7. The quantitative estimate of drug-likeness (QED) is 0.126. The summed E-state index contributed by atoms with van der Waals surface area (Å²) in [5, 5.41) is 13.2. The highest BCUT2D eigenvalue weighted by Crippen LogP contribution is 2.43. The minimum absolute atomic E-state index is 0.0191. The first-order valence-electron chi connectivity index (χ1n) is 13.2. The molecule has 1 aromatic heterocycles. The number of halogens is 5. The van der Waals surface area contributed by atoms with E-state index in [1.54, 1.807) is 0 Å². The Morgan fingerprint density at radius 1 is 1.26 bits per heavy atom. The van der Waals surface area contributed by atoms with Crippen LogP contribution in [-0.4, -0.2) is 64.2 Å². The lowest BCUT2D eigenvalue weighted by molar-refractivity contribution is -0.150. The first kappa shape index (κ1) is 31.7. The molecule has 1 amide bonds. The molecule has 0 aliphatic carbocycles. The van der Waals surface area contributed by atoms with Crippen molar-refractivity contribution in [2.45, 2.75) is 69.9 Å². The number of aliphatic carboxylic acids is 1. The number of aromatic nitrogens is 2. The van der Waals surface area contributed by atoms with E-state index < -0.39 is 61.4 Å². The molecule has 228 valence electrons. The average Bonchev–Trinajstić information content (AvgIpc) is 3.41. The number of Topliss-reactive ketones (excluding diaryl/α,β-unsaturated/α-hetero) is 1. The highest BCUT2D eigenvalue weighted by atomic mass is 35.5. The number of carbonyl (C=O) groups is 3. The van der Waals surface area contributed by atoms with Gasteiger partial charge in [0.2, 0.25) is 5.91 Å². The molecule has 0 radical (unpaired) electrons. The number of fused-ring (bicyclic) bond motifs is 1. The lowest BCUT2D eigenvalue weighted by Gasteiger charge is -2.33. The fraction of sp³-hybridized carbons (Fsp3) is 0.481. The van der Waals surface area contributed by atoms with E-state index in [0.29, 0.717) is 6.61 Å². The number of hydrogen-bond donors (Lipinski definition) is 2. The van der Waals surface area contributed by atoms with E-state index in [9.17, 15) is 37.1 Å². The number of anilines is 1. The Morgan fingerprint density at radius 3 is 2.57 bits per heavy atom. The Hall–Kier alpha value is -3.23. The van der Waals surface area contributed by atoms with Gasteiger partial charge in [-0.05, 0) is 43.0 Å². The van der Waals surface area contributed by atoms with Crippen LogP contribution in [0.15, 0.2) is 24.4 Å². The molecular weight excluding hydrogens is 600 g/mol. The summed E-state index contributed by atoms with van der Waals surface area (Å²) in [4.78, 5) is 39.3. The lowest BCUT2D eigenvalue weighted by Crippen LogP contribution is -2.48. The summed E-state index contributed by atoms with van der Waals surface area (Å²) in [6.45, 7) is 6.61. The first-order valence-corrected chi connectivity index (χ1v) is 17.3. The van der Waals surface area contributed by atoms with Crippen molar-refractivity contribution in [2.24, 2.45) is 5.92 Å². The third-order valence-corrected chi connectivity index (χ3v) is 9.44. The molecule has 1 saturated heterocycles. The highest BCUT2D eigenvalue weighted by Gasteiger charge is 2.54. The average molecular weight is 631 g/mol. The summed E-state index contributed by atoms with van der Waals surface area (Å²) in [6, 6.07) is 0.542. The van der Waals surface area contributed by atoms with Crippen molar-refractivity contribution in [1.29, 1.82) is 0 Å². The Morgan fingerprint density at radius 2 is 1.95 bits per heavy atom. The number of hydrogen-bond acceptors (Lipinski definition) is 6. The van der Waals surface area contributed by atoms with Crippen LogP contribution in [0.1, 0.15) is 29.7 Å². The normalized spacial score (nSPS) is 21.1. The van der Waals surface area contributed by atoms with E-state index in [-0.39, 0.29) is 53.4 Å². The minimum atomic E-state index is -4.79. The van der Waals surface area contributed by atoms with Crippen LogP contribution in [0.2, 0.25) is 30.7 Å². The monoisotopic (exact) mass is 630 g/mol. The molecule has 3 N–H and O–H groups in total. The van der Waals surface area contributed by atoms with Crippen molar-refractivity contribution in [3.63, 3.8) is 0 Å². The Balaban J connectivity index is 1.60. The maximum absolute atomic E-state index is 14.9. The van der Waals surface area contributed by atoms with Crippen LogP contribution < -0.4 is 5.73 Å². The third kappa shape index (κ3) is 6.55. The smallest absolute Gasteiger partial charge is 0.435 e. The van der Waals surface area contributed by atoms with Gasteiger partial charge in [-0.1, -0.05) is 31.2 Å². The standard InChI is InChI=1S/C27H31ClF4N4O5Si/c1-42(2,3)9-8-41-13-35-12-14(25(34-35)27(30,31)32)4-5-16-19-10-15(21-18(33)7-6-17(28)22(21)29)11-20(37)36(19)23(24(16)38)26(39)40/h6-7,11-12,16,19,23H,4-5,8-10,13,33H2,1-3H3,(H,39,40)/t16?,19-,23+/m1/s1. The zero-order valence-electron chi connectivity index (χ0n) is 23.2. The van der Waals surface area contributed by atoms with E-state index in [1.807, 2.05) is 0 Å². The molecule has 1 unspecified atom stereocenters. The summed E-state index contributed by atoms with van der Waals surface area (Å²) in [5.74, 6) is -5.24. The largest absolute Gasteiger partial charge is 0.479 e. The van der Waals surface area contributed by atoms with E-state index >= 15 is 0 Å². The van der Waals surface area contributed by atoms with Gasteiger partial charge in [-0.2, -0.15) is 18.3 Å². The van der Waals surface area contributed by atoms with Gasteiger partial charge in [0, 0.05) is 55.7 Å². The number of ketones is 1. The Labute approximate surface area is 245 Å². The molecule has 1 fully saturated rings. The van der Waals surface area contributed by atoms with Crippen molar-refractivity contribution in [2.75, 3.05) is 12.3 Å². The van der Waals surface area contributed by atoms with Gasteiger partial charge in [0.25, 0.3) is 0 Å². The van der Waals surface area contributed by atoms with Crippen molar-refractivity contribution >= 4 is 48.6 Å². The van der Waals surface area contributed by atoms with Crippen molar-refractivity contribution < 1.29 is 41.8 Å². The van der Waals surface area contributed by atoms with Gasteiger partial charge in [-0.25, -0.2) is 13.9 Å². The molecule has 15 heteroatoms. The van der Waals surface area contributed by atoms with E-state index in [2.05, 4.69) is 24.7 Å². The number of aryl methyl sites for hydroxylation is 1. The topological polar surface area (TPSA) is 128 Å². The molecular formula is C27H31ClF4N4O5Si. The number of nitrogens with two attached hydrogens (primary N) is 1. The number of nitrogen functional groups attached to an aromatic ring is 1. The van der Waals surface area contributed by atoms with Crippen LogP contribution in [0.5, 0.6) is 0 Å². The van der Waals surface area contributed by atoms with E-state index in [0.717, 1.165) is 21.7 Å². The zero-order chi connectivity index (χ0) is 31.1. The third-order valence-electron chi connectivity index (χ3n) is 7.45. The number of rotatable bonds is 10. The SMILES string of the molecule is C[Si](C)(C)CCOCn1cc(CCC2C(=O)[C@@H](C(=O)O)N3C(=O)C=C(c4c(N)ccc(Cl)c4F)C[C@H]23)c(C(F)(F)F)n1. The summed E-state index contributed by atoms with van der Waals surface area (Å²) in [5.41, 5.74) is 4.57. The summed E-state index contributed by atoms with van der Waals surface area (Å²) in [7, 11) is -1.41. The van der Waals surface area contributed by atoms with Crippen LogP contribution in [0.25, 0.3) is 5.57 Å². The molecule has 42 heavy (non-hydrogen) atoms. The molecule has 9 nitrogen and oxygen atoms in total. The van der Waals surface area contributed by atoms with Gasteiger partial charge in [0.15, 0.2) is 23.3 Å². The van der Waals surface area contributed by atoms with Crippen molar-refractivity contribution in [3.8, 4) is 0 Å². The molecule has 2 aliphatic rings. The predicted octanol–water partition coefficient (Wildman–Crippen LogP) is 4.86. The minimum Gasteiger partial charge on any atom is -0.479 e. The second kappa shape index (κ2) is 11.8. The van der Waals surface area contributed by atoms with Gasteiger partial charge >= 0.3 is 12.1 Å². The summed E-state index contributed by atoms with van der Waals surface area (Å²) >= 11 is 5.91. The van der Waals surface area contributed by atoms with E-state index in [4.69, 9.17) is 22.1 Å². The molecule has 0 bridgehead atoms. The Kier molecular flexibility index (Phi) is 8.91. The fourth-order valence-electron chi connectivity index (χ4n) is 5.39. The predicted molar refractivity (Wildman–Crippen MR) is 149 cm³/mol. The van der Waals surface area contributed by atoms with Crippen LogP contribution >= 0.6 is 11.6 Å². The van der Waals surface area contributed by atoms with Crippen LogP contribution in [0, 0.1) is 11.7 Å². The number of carbonyl (C=O) groups excluding carboxylic acids is 2. The molecule has 1 aromatic carbocycles. The Bertz CT molecular complexity index is 1440.